The van der Waals surface area contributed by atoms with Crippen molar-refractivity contribution in [3.05, 3.63) is 17.8 Å². The van der Waals surface area contributed by atoms with Gasteiger partial charge in [0, 0.05) is 6.54 Å². The van der Waals surface area contributed by atoms with Crippen molar-refractivity contribution in [3.8, 4) is 0 Å². The maximum Gasteiger partial charge on any atom is 0.320 e. The molecule has 0 amide bonds. The second-order valence-electron chi connectivity index (χ2n) is 3.89. The zero-order valence-electron chi connectivity index (χ0n) is 8.56. The van der Waals surface area contributed by atoms with Gasteiger partial charge in [0.1, 0.15) is 11.8 Å². The molecule has 1 aromatic rings. The van der Waals surface area contributed by atoms with Crippen LogP contribution in [0.15, 0.2) is 10.8 Å². The van der Waals surface area contributed by atoms with E-state index in [0.29, 0.717) is 6.54 Å². The Morgan fingerprint density at radius 2 is 2.53 bits per heavy atom. The Labute approximate surface area is 87.5 Å². The summed E-state index contributed by atoms with van der Waals surface area (Å²) in [6.07, 6.45) is 3.38. The molecule has 1 aromatic heterocycles. The molecule has 0 spiro atoms. The van der Waals surface area contributed by atoms with Gasteiger partial charge in [0.25, 0.3) is 0 Å². The lowest BCUT2D eigenvalue weighted by molar-refractivity contribution is -0.140. The van der Waals surface area contributed by atoms with Crippen molar-refractivity contribution in [2.24, 2.45) is 5.92 Å². The van der Waals surface area contributed by atoms with E-state index in [2.05, 4.69) is 10.3 Å². The van der Waals surface area contributed by atoms with Crippen LogP contribution in [0.4, 0.5) is 0 Å². The number of aliphatic carboxylic acids is 1. The van der Waals surface area contributed by atoms with Crippen molar-refractivity contribution >= 4 is 5.97 Å². The van der Waals surface area contributed by atoms with Crippen LogP contribution in [0, 0.1) is 12.8 Å². The number of aromatic nitrogens is 1. The number of carboxylic acids is 1. The molecule has 0 aromatic carbocycles. The van der Waals surface area contributed by atoms with Crippen LogP contribution in [-0.4, -0.2) is 22.1 Å². The van der Waals surface area contributed by atoms with Crippen molar-refractivity contribution in [2.75, 3.05) is 0 Å². The number of nitrogens with zero attached hydrogens (tertiary/aromatic N) is 1. The molecule has 0 radical (unpaired) electrons. The van der Waals surface area contributed by atoms with Crippen molar-refractivity contribution < 1.29 is 14.3 Å². The van der Waals surface area contributed by atoms with Crippen LogP contribution in [0.2, 0.25) is 0 Å². The zero-order valence-corrected chi connectivity index (χ0v) is 8.56. The van der Waals surface area contributed by atoms with Gasteiger partial charge in [-0.15, -0.1) is 0 Å². The molecule has 1 aliphatic rings. The van der Waals surface area contributed by atoms with E-state index >= 15 is 0 Å². The first-order valence-electron chi connectivity index (χ1n) is 5.03. The summed E-state index contributed by atoms with van der Waals surface area (Å²) in [6.45, 7) is 2.27. The van der Waals surface area contributed by atoms with Gasteiger partial charge in [0.2, 0.25) is 0 Å². The summed E-state index contributed by atoms with van der Waals surface area (Å²) in [6, 6.07) is -0.443. The Balaban J connectivity index is 1.91. The fraction of sp³-hybridized carbons (Fsp3) is 0.600. The standard InChI is InChI=1S/C10H14N2O3/c1-6-8(12-5-15-6)4-11-9(10(13)14)7-2-3-7/h5,7,9,11H,2-4H2,1H3,(H,13,14). The van der Waals surface area contributed by atoms with Gasteiger partial charge in [-0.25, -0.2) is 4.98 Å². The molecule has 1 saturated carbocycles. The molecule has 1 aliphatic carbocycles. The van der Waals surface area contributed by atoms with Gasteiger partial charge < -0.3 is 9.52 Å². The first-order valence-corrected chi connectivity index (χ1v) is 5.03. The van der Waals surface area contributed by atoms with Gasteiger partial charge in [-0.3, -0.25) is 10.1 Å². The van der Waals surface area contributed by atoms with Gasteiger partial charge in [-0.05, 0) is 25.7 Å². The third-order valence-corrected chi connectivity index (χ3v) is 2.69. The lowest BCUT2D eigenvalue weighted by Crippen LogP contribution is -2.38. The van der Waals surface area contributed by atoms with Crippen LogP contribution >= 0.6 is 0 Å². The van der Waals surface area contributed by atoms with Gasteiger partial charge >= 0.3 is 5.97 Å². The molecule has 2 rings (SSSR count). The third kappa shape index (κ3) is 2.36. The molecule has 15 heavy (non-hydrogen) atoms. The number of aryl methyl sites for hydroxylation is 1. The average Bonchev–Trinajstić information content (AvgIpc) is 2.92. The van der Waals surface area contributed by atoms with Crippen LogP contribution in [0.25, 0.3) is 0 Å². The minimum absolute atomic E-state index is 0.287. The fourth-order valence-electron chi connectivity index (χ4n) is 1.59. The first kappa shape index (κ1) is 10.2. The van der Waals surface area contributed by atoms with Gasteiger partial charge in [-0.1, -0.05) is 0 Å². The van der Waals surface area contributed by atoms with Crippen molar-refractivity contribution in [1.29, 1.82) is 0 Å². The van der Waals surface area contributed by atoms with Gasteiger partial charge in [-0.2, -0.15) is 0 Å². The molecule has 1 fully saturated rings. The number of oxazole rings is 1. The molecule has 0 bridgehead atoms. The Morgan fingerprint density at radius 3 is 3.00 bits per heavy atom. The minimum Gasteiger partial charge on any atom is -0.480 e. The fourth-order valence-corrected chi connectivity index (χ4v) is 1.59. The predicted molar refractivity (Wildman–Crippen MR) is 52.2 cm³/mol. The zero-order chi connectivity index (χ0) is 10.8. The highest BCUT2D eigenvalue weighted by Crippen LogP contribution is 2.32. The molecule has 0 saturated heterocycles. The van der Waals surface area contributed by atoms with E-state index in [-0.39, 0.29) is 5.92 Å². The van der Waals surface area contributed by atoms with Crippen LogP contribution in [0.1, 0.15) is 24.3 Å². The summed E-state index contributed by atoms with van der Waals surface area (Å²) >= 11 is 0. The van der Waals surface area contributed by atoms with E-state index in [4.69, 9.17) is 9.52 Å². The van der Waals surface area contributed by atoms with E-state index in [0.717, 1.165) is 24.3 Å². The largest absolute Gasteiger partial charge is 0.480 e. The highest BCUT2D eigenvalue weighted by molar-refractivity contribution is 5.74. The summed E-state index contributed by atoms with van der Waals surface area (Å²) in [5.41, 5.74) is 0.780. The Hall–Kier alpha value is -1.36. The van der Waals surface area contributed by atoms with E-state index in [1.807, 2.05) is 6.92 Å². The molecule has 2 N–H and O–H groups in total. The lowest BCUT2D eigenvalue weighted by Gasteiger charge is -2.12. The topological polar surface area (TPSA) is 75.4 Å². The molecule has 1 heterocycles. The number of rotatable bonds is 5. The Kier molecular flexibility index (Phi) is 2.73. The van der Waals surface area contributed by atoms with Crippen molar-refractivity contribution in [2.45, 2.75) is 32.4 Å². The SMILES string of the molecule is Cc1ocnc1CNC(C(=O)O)C1CC1. The van der Waals surface area contributed by atoms with E-state index < -0.39 is 12.0 Å². The average molecular weight is 210 g/mol. The van der Waals surface area contributed by atoms with Crippen LogP contribution in [0.5, 0.6) is 0 Å². The number of nitrogens with one attached hydrogen (secondary N) is 1. The van der Waals surface area contributed by atoms with Gasteiger partial charge in [0.15, 0.2) is 6.39 Å². The Morgan fingerprint density at radius 1 is 1.80 bits per heavy atom. The lowest BCUT2D eigenvalue weighted by atomic mass is 10.2. The third-order valence-electron chi connectivity index (χ3n) is 2.69. The number of hydrogen-bond donors (Lipinski definition) is 2. The highest BCUT2D eigenvalue weighted by atomic mass is 16.4. The monoisotopic (exact) mass is 210 g/mol. The second-order valence-corrected chi connectivity index (χ2v) is 3.89. The number of carbonyl (C=O) groups is 1. The molecular formula is C10H14N2O3. The second kappa shape index (κ2) is 4.02. The summed E-state index contributed by atoms with van der Waals surface area (Å²) in [4.78, 5) is 14.9. The maximum absolute atomic E-state index is 10.9. The van der Waals surface area contributed by atoms with Crippen LogP contribution in [-0.2, 0) is 11.3 Å². The van der Waals surface area contributed by atoms with E-state index in [9.17, 15) is 4.79 Å². The molecule has 5 nitrogen and oxygen atoms in total. The van der Waals surface area contributed by atoms with E-state index in [1.54, 1.807) is 0 Å². The van der Waals surface area contributed by atoms with Crippen LogP contribution < -0.4 is 5.32 Å². The molecule has 0 aliphatic heterocycles. The molecular weight excluding hydrogens is 196 g/mol. The highest BCUT2D eigenvalue weighted by Gasteiger charge is 2.35. The maximum atomic E-state index is 10.9. The Bertz CT molecular complexity index is 357. The summed E-state index contributed by atoms with van der Waals surface area (Å²) in [5.74, 6) is 0.246. The molecule has 5 heteroatoms. The molecule has 1 atom stereocenters. The number of hydrogen-bond acceptors (Lipinski definition) is 4. The van der Waals surface area contributed by atoms with Crippen molar-refractivity contribution in [3.63, 3.8) is 0 Å². The van der Waals surface area contributed by atoms with Crippen LogP contribution in [0.3, 0.4) is 0 Å². The minimum atomic E-state index is -0.779. The smallest absolute Gasteiger partial charge is 0.320 e. The first-order chi connectivity index (χ1) is 7.18. The summed E-state index contributed by atoms with van der Waals surface area (Å²) < 4.78 is 5.03. The van der Waals surface area contributed by atoms with Gasteiger partial charge in [0.05, 0.1) is 5.69 Å². The quantitative estimate of drug-likeness (QED) is 0.756. The predicted octanol–water partition coefficient (Wildman–Crippen LogP) is 0.936. The molecule has 1 unspecified atom stereocenters. The van der Waals surface area contributed by atoms with E-state index in [1.165, 1.54) is 6.39 Å². The summed E-state index contributed by atoms with van der Waals surface area (Å²) in [7, 11) is 0. The number of carboxylic acid groups (broad SMARTS) is 1. The normalized spacial score (nSPS) is 17.7. The molecule has 82 valence electrons. The summed E-state index contributed by atoms with van der Waals surface area (Å²) in [5, 5.41) is 12.0. The van der Waals surface area contributed by atoms with Crippen molar-refractivity contribution in [1.82, 2.24) is 10.3 Å².